The number of hydrogen-bond donors (Lipinski definition) is 2. The Morgan fingerprint density at radius 2 is 1.90 bits per heavy atom. The Bertz CT molecular complexity index is 948. The fraction of sp³-hybridized carbons (Fsp3) is 0.708. The average Bonchev–Trinajstić information content (AvgIpc) is 3.07. The first kappa shape index (κ1) is 21.0. The van der Waals surface area contributed by atoms with Gasteiger partial charge in [-0.2, -0.15) is 0 Å². The molecule has 168 valence electrons. The molecule has 0 spiro atoms. The van der Waals surface area contributed by atoms with Crippen LogP contribution in [-0.2, 0) is 23.9 Å². The highest BCUT2D eigenvalue weighted by Gasteiger charge is 2.77. The van der Waals surface area contributed by atoms with Crippen LogP contribution in [0.1, 0.15) is 53.4 Å². The molecule has 5 rings (SSSR count). The number of allylic oxidation sites excluding steroid dienone is 4. The Morgan fingerprint density at radius 3 is 2.58 bits per heavy atom. The topological polar surface area (TPSA) is 110 Å². The van der Waals surface area contributed by atoms with Crippen molar-refractivity contribution in [2.24, 2.45) is 28.6 Å². The summed E-state index contributed by atoms with van der Waals surface area (Å²) in [4.78, 5) is 37.0. The molecule has 0 unspecified atom stereocenters. The molecule has 0 aromatic carbocycles. The lowest BCUT2D eigenvalue weighted by atomic mass is 9.46. The summed E-state index contributed by atoms with van der Waals surface area (Å²) in [5.41, 5.74) is -1.87. The summed E-state index contributed by atoms with van der Waals surface area (Å²) in [5, 5.41) is 21.2. The molecule has 1 aliphatic heterocycles. The summed E-state index contributed by atoms with van der Waals surface area (Å²) in [6, 6.07) is 0. The number of aliphatic hydroxyl groups is 1. The molecule has 7 nitrogen and oxygen atoms in total. The van der Waals surface area contributed by atoms with Crippen molar-refractivity contribution >= 4 is 17.5 Å². The van der Waals surface area contributed by atoms with Crippen LogP contribution >= 0.6 is 0 Å². The van der Waals surface area contributed by atoms with Crippen LogP contribution in [-0.4, -0.2) is 51.3 Å². The minimum atomic E-state index is -1.62. The van der Waals surface area contributed by atoms with Gasteiger partial charge in [-0.05, 0) is 63.5 Å². The van der Waals surface area contributed by atoms with E-state index in [2.05, 4.69) is 6.92 Å². The van der Waals surface area contributed by atoms with E-state index >= 15 is 0 Å². The Labute approximate surface area is 181 Å². The maximum Gasteiger partial charge on any atom is 0.375 e. The lowest BCUT2D eigenvalue weighted by molar-refractivity contribution is -0.225. The van der Waals surface area contributed by atoms with E-state index in [4.69, 9.17) is 9.47 Å². The standard InChI is InChI=1S/C24H30O7/c1-21(2)30-17-10-15-14-6-5-12-9-13(25)7-8-22(12,3)18(14)16(26)11-23(15,4)24(17,31-21)19(27)20(28)29/h7-9,14-18,26H,5-6,10-11H2,1-4H3,(H,28,29)/t14-,15-,16-,17+,18+,22-,23-,24-/m0/s1. The zero-order valence-corrected chi connectivity index (χ0v) is 18.4. The van der Waals surface area contributed by atoms with Gasteiger partial charge >= 0.3 is 5.97 Å². The van der Waals surface area contributed by atoms with Gasteiger partial charge in [0.15, 0.2) is 17.2 Å². The minimum Gasteiger partial charge on any atom is -0.475 e. The van der Waals surface area contributed by atoms with E-state index in [1.54, 1.807) is 26.0 Å². The molecule has 1 saturated heterocycles. The van der Waals surface area contributed by atoms with Gasteiger partial charge in [0.25, 0.3) is 5.78 Å². The first-order valence-corrected chi connectivity index (χ1v) is 11.1. The smallest absolute Gasteiger partial charge is 0.375 e. The number of fused-ring (bicyclic) bond motifs is 7. The van der Waals surface area contributed by atoms with Crippen LogP contribution in [0.3, 0.4) is 0 Å². The summed E-state index contributed by atoms with van der Waals surface area (Å²) in [5.74, 6) is -3.69. The van der Waals surface area contributed by atoms with Crippen LogP contribution in [0.5, 0.6) is 0 Å². The van der Waals surface area contributed by atoms with Gasteiger partial charge in [-0.25, -0.2) is 4.79 Å². The van der Waals surface area contributed by atoms with Gasteiger partial charge in [0.1, 0.15) is 0 Å². The molecule has 0 aromatic heterocycles. The van der Waals surface area contributed by atoms with Crippen molar-refractivity contribution in [3.63, 3.8) is 0 Å². The van der Waals surface area contributed by atoms with Crippen LogP contribution in [0.4, 0.5) is 0 Å². The Morgan fingerprint density at radius 1 is 1.19 bits per heavy atom. The zero-order chi connectivity index (χ0) is 22.6. The number of rotatable bonds is 2. The van der Waals surface area contributed by atoms with Crippen LogP contribution < -0.4 is 0 Å². The monoisotopic (exact) mass is 430 g/mol. The number of ketones is 2. The quantitative estimate of drug-likeness (QED) is 0.648. The molecule has 0 aromatic rings. The van der Waals surface area contributed by atoms with Crippen LogP contribution in [0, 0.1) is 28.6 Å². The maximum atomic E-state index is 13.1. The van der Waals surface area contributed by atoms with Crippen molar-refractivity contribution in [2.45, 2.75) is 77.0 Å². The molecule has 4 aliphatic carbocycles. The van der Waals surface area contributed by atoms with E-state index in [1.807, 2.05) is 13.0 Å². The summed E-state index contributed by atoms with van der Waals surface area (Å²) < 4.78 is 12.3. The highest BCUT2D eigenvalue weighted by molar-refractivity contribution is 6.36. The lowest BCUT2D eigenvalue weighted by Gasteiger charge is -2.59. The SMILES string of the molecule is CC1(C)O[C@@H]2C[C@H]3[C@@H]4CCC5=CC(=O)C=C[C@]5(C)[C@H]4[C@@H](O)C[C@]3(C)[C@]2(C(=O)C(=O)O)O1. The Balaban J connectivity index is 1.61. The van der Waals surface area contributed by atoms with E-state index in [0.717, 1.165) is 18.4 Å². The number of hydrogen-bond acceptors (Lipinski definition) is 6. The molecule has 7 heteroatoms. The van der Waals surface area contributed by atoms with Gasteiger partial charge in [-0.15, -0.1) is 0 Å². The number of Topliss-reactive ketones (excluding diaryl/α,β-unsaturated/α-hetero) is 1. The van der Waals surface area contributed by atoms with Crippen LogP contribution in [0.15, 0.2) is 23.8 Å². The molecular weight excluding hydrogens is 400 g/mol. The van der Waals surface area contributed by atoms with Crippen molar-refractivity contribution in [2.75, 3.05) is 0 Å². The van der Waals surface area contributed by atoms with E-state index in [-0.39, 0.29) is 30.0 Å². The Kier molecular flexibility index (Phi) is 4.17. The van der Waals surface area contributed by atoms with Gasteiger partial charge in [0.05, 0.1) is 12.2 Å². The molecule has 5 aliphatic rings. The van der Waals surface area contributed by atoms with E-state index in [9.17, 15) is 24.6 Å². The summed E-state index contributed by atoms with van der Waals surface area (Å²) in [7, 11) is 0. The van der Waals surface area contributed by atoms with Gasteiger partial charge in [-0.1, -0.05) is 25.5 Å². The van der Waals surface area contributed by atoms with Gasteiger partial charge in [0, 0.05) is 16.7 Å². The number of carboxylic acid groups (broad SMARTS) is 1. The third-order valence-electron chi connectivity index (χ3n) is 9.02. The molecule has 31 heavy (non-hydrogen) atoms. The minimum absolute atomic E-state index is 0.0218. The van der Waals surface area contributed by atoms with Crippen molar-refractivity contribution in [1.29, 1.82) is 0 Å². The maximum absolute atomic E-state index is 13.1. The van der Waals surface area contributed by atoms with Crippen LogP contribution in [0.2, 0.25) is 0 Å². The summed E-state index contributed by atoms with van der Waals surface area (Å²) in [6.45, 7) is 7.38. The molecular formula is C24H30O7. The van der Waals surface area contributed by atoms with Crippen molar-refractivity contribution in [1.82, 2.24) is 0 Å². The molecule has 0 bridgehead atoms. The predicted molar refractivity (Wildman–Crippen MR) is 109 cm³/mol. The third-order valence-corrected chi connectivity index (χ3v) is 9.02. The molecule has 0 amide bonds. The van der Waals surface area contributed by atoms with Crippen molar-refractivity contribution < 1.29 is 34.1 Å². The molecule has 1 heterocycles. The largest absolute Gasteiger partial charge is 0.475 e. The van der Waals surface area contributed by atoms with E-state index in [1.165, 1.54) is 0 Å². The van der Waals surface area contributed by atoms with E-state index in [0.29, 0.717) is 6.42 Å². The summed E-state index contributed by atoms with van der Waals surface area (Å²) >= 11 is 0. The fourth-order valence-corrected chi connectivity index (χ4v) is 7.98. The molecule has 3 saturated carbocycles. The van der Waals surface area contributed by atoms with Crippen molar-refractivity contribution in [3.8, 4) is 0 Å². The first-order chi connectivity index (χ1) is 14.4. The molecule has 2 N–H and O–H groups in total. The normalized spacial score (nSPS) is 49.5. The average molecular weight is 430 g/mol. The second-order valence-corrected chi connectivity index (χ2v) is 10.9. The zero-order valence-electron chi connectivity index (χ0n) is 18.4. The van der Waals surface area contributed by atoms with E-state index < -0.39 is 46.2 Å². The number of carbonyl (C=O) groups is 3. The number of ether oxygens (including phenoxy) is 2. The van der Waals surface area contributed by atoms with Gasteiger partial charge in [0.2, 0.25) is 0 Å². The highest BCUT2D eigenvalue weighted by Crippen LogP contribution is 2.70. The number of carbonyl (C=O) groups excluding carboxylic acids is 2. The van der Waals surface area contributed by atoms with Crippen LogP contribution in [0.25, 0.3) is 0 Å². The van der Waals surface area contributed by atoms with Gasteiger partial charge in [-0.3, -0.25) is 9.59 Å². The number of aliphatic hydroxyl groups excluding tert-OH is 1. The third kappa shape index (κ3) is 2.48. The van der Waals surface area contributed by atoms with Gasteiger partial charge < -0.3 is 19.7 Å². The molecule has 0 radical (unpaired) electrons. The highest BCUT2D eigenvalue weighted by atomic mass is 16.8. The van der Waals surface area contributed by atoms with Crippen molar-refractivity contribution in [3.05, 3.63) is 23.8 Å². The predicted octanol–water partition coefficient (Wildman–Crippen LogP) is 2.42. The first-order valence-electron chi connectivity index (χ1n) is 11.1. The fourth-order valence-electron chi connectivity index (χ4n) is 7.98. The number of carboxylic acids is 1. The molecule has 8 atom stereocenters. The molecule has 4 fully saturated rings. The second kappa shape index (κ2) is 6.15. The summed E-state index contributed by atoms with van der Waals surface area (Å²) in [6.07, 6.45) is 6.07. The Hall–Kier alpha value is -1.83. The second-order valence-electron chi connectivity index (χ2n) is 10.9. The number of aliphatic carboxylic acids is 1. The lowest BCUT2D eigenvalue weighted by Crippen LogP contribution is -2.64.